The van der Waals surface area contributed by atoms with Crippen molar-refractivity contribution in [1.82, 2.24) is 10.2 Å². The first-order valence-corrected chi connectivity index (χ1v) is 8.50. The number of furan rings is 1. The predicted octanol–water partition coefficient (Wildman–Crippen LogP) is 2.82. The van der Waals surface area contributed by atoms with E-state index in [1.165, 1.54) is 5.56 Å². The molecule has 1 aromatic heterocycles. The van der Waals surface area contributed by atoms with Crippen molar-refractivity contribution in [3.63, 3.8) is 0 Å². The summed E-state index contributed by atoms with van der Waals surface area (Å²) in [6.45, 7) is 3.20. The third kappa shape index (κ3) is 4.60. The van der Waals surface area contributed by atoms with Gasteiger partial charge in [-0.15, -0.1) is 0 Å². The number of piperidine rings is 1. The van der Waals surface area contributed by atoms with E-state index in [0.717, 1.165) is 38.0 Å². The second-order valence-electron chi connectivity index (χ2n) is 6.11. The summed E-state index contributed by atoms with van der Waals surface area (Å²) in [6.07, 6.45) is 1.55. The van der Waals surface area contributed by atoms with Crippen LogP contribution in [0.2, 0.25) is 5.22 Å². The first-order chi connectivity index (χ1) is 11.6. The highest BCUT2D eigenvalue weighted by Crippen LogP contribution is 2.15. The molecule has 2 aromatic rings. The molecule has 0 radical (unpaired) electrons. The molecule has 5 nitrogen and oxygen atoms in total. The number of halogens is 1. The Bertz CT molecular complexity index is 676. The zero-order chi connectivity index (χ0) is 16.9. The molecule has 1 fully saturated rings. The molecule has 0 bridgehead atoms. The Hall–Kier alpha value is -1.82. The molecule has 1 aliphatic heterocycles. The minimum absolute atomic E-state index is 0.142. The van der Waals surface area contributed by atoms with Gasteiger partial charge in [-0.05, 0) is 47.7 Å². The van der Waals surface area contributed by atoms with Gasteiger partial charge in [0, 0.05) is 26.2 Å². The summed E-state index contributed by atoms with van der Waals surface area (Å²) in [6, 6.07) is 11.3. The summed E-state index contributed by atoms with van der Waals surface area (Å²) >= 11 is 5.66. The van der Waals surface area contributed by atoms with Gasteiger partial charge in [-0.3, -0.25) is 9.69 Å². The van der Waals surface area contributed by atoms with Crippen LogP contribution in [0.5, 0.6) is 0 Å². The van der Waals surface area contributed by atoms with Gasteiger partial charge in [-0.25, -0.2) is 0 Å². The Morgan fingerprint density at radius 3 is 2.46 bits per heavy atom. The first kappa shape index (κ1) is 17.0. The van der Waals surface area contributed by atoms with E-state index in [0.29, 0.717) is 6.54 Å². The maximum atomic E-state index is 11.9. The number of amides is 1. The van der Waals surface area contributed by atoms with Crippen molar-refractivity contribution in [2.45, 2.75) is 32.0 Å². The van der Waals surface area contributed by atoms with E-state index in [4.69, 9.17) is 16.0 Å². The van der Waals surface area contributed by atoms with E-state index in [-0.39, 0.29) is 23.0 Å². The third-order valence-electron chi connectivity index (χ3n) is 4.24. The van der Waals surface area contributed by atoms with Crippen LogP contribution in [-0.2, 0) is 13.1 Å². The lowest BCUT2D eigenvalue weighted by Crippen LogP contribution is -2.35. The summed E-state index contributed by atoms with van der Waals surface area (Å²) in [5.74, 6) is -0.0678. The lowest BCUT2D eigenvalue weighted by molar-refractivity contribution is 0.0792. The van der Waals surface area contributed by atoms with Crippen LogP contribution in [0.3, 0.4) is 0 Å². The van der Waals surface area contributed by atoms with E-state index >= 15 is 0 Å². The number of nitrogens with one attached hydrogen (secondary N) is 1. The van der Waals surface area contributed by atoms with Crippen LogP contribution in [0, 0.1) is 0 Å². The topological polar surface area (TPSA) is 65.7 Å². The van der Waals surface area contributed by atoms with Gasteiger partial charge in [0.15, 0.2) is 11.0 Å². The Morgan fingerprint density at radius 1 is 1.17 bits per heavy atom. The average molecular weight is 349 g/mol. The SMILES string of the molecule is O=C(NCc1ccc(CN2CCC(O)CC2)cc1)c1ccc(Cl)o1. The van der Waals surface area contributed by atoms with Crippen LogP contribution < -0.4 is 5.32 Å². The second-order valence-corrected chi connectivity index (χ2v) is 6.48. The molecule has 0 atom stereocenters. The van der Waals surface area contributed by atoms with E-state index in [1.807, 2.05) is 12.1 Å². The molecule has 6 heteroatoms. The molecule has 1 amide bonds. The zero-order valence-electron chi connectivity index (χ0n) is 13.4. The minimum atomic E-state index is -0.280. The Balaban J connectivity index is 1.48. The van der Waals surface area contributed by atoms with E-state index in [1.54, 1.807) is 12.1 Å². The van der Waals surface area contributed by atoms with Gasteiger partial charge in [0.2, 0.25) is 0 Å². The molecular formula is C18H21ClN2O3. The number of nitrogens with zero attached hydrogens (tertiary/aromatic N) is 1. The number of benzene rings is 1. The summed E-state index contributed by atoms with van der Waals surface area (Å²) in [4.78, 5) is 14.2. The maximum absolute atomic E-state index is 11.9. The molecule has 2 N–H and O–H groups in total. The maximum Gasteiger partial charge on any atom is 0.287 e. The monoisotopic (exact) mass is 348 g/mol. The molecule has 24 heavy (non-hydrogen) atoms. The molecule has 0 unspecified atom stereocenters. The number of aliphatic hydroxyl groups is 1. The van der Waals surface area contributed by atoms with Crippen molar-refractivity contribution < 1.29 is 14.3 Å². The number of hydrogen-bond donors (Lipinski definition) is 2. The Labute approximate surface area is 146 Å². The standard InChI is InChI=1S/C18H21ClN2O3/c19-17-6-5-16(24-17)18(23)20-11-13-1-3-14(4-2-13)12-21-9-7-15(22)8-10-21/h1-6,15,22H,7-12H2,(H,20,23). The number of aliphatic hydroxyl groups excluding tert-OH is 1. The number of carbonyl (C=O) groups is 1. The third-order valence-corrected chi connectivity index (χ3v) is 4.44. The van der Waals surface area contributed by atoms with Crippen LogP contribution in [0.1, 0.15) is 34.5 Å². The highest BCUT2D eigenvalue weighted by Gasteiger charge is 2.16. The molecular weight excluding hydrogens is 328 g/mol. The summed E-state index contributed by atoms with van der Waals surface area (Å²) in [5, 5.41) is 12.6. The number of rotatable bonds is 5. The van der Waals surface area contributed by atoms with Crippen molar-refractivity contribution in [3.8, 4) is 0 Å². The van der Waals surface area contributed by atoms with Crippen molar-refractivity contribution in [2.24, 2.45) is 0 Å². The van der Waals surface area contributed by atoms with Crippen molar-refractivity contribution >= 4 is 17.5 Å². The summed E-state index contributed by atoms with van der Waals surface area (Å²) in [7, 11) is 0. The van der Waals surface area contributed by atoms with Crippen molar-refractivity contribution in [1.29, 1.82) is 0 Å². The van der Waals surface area contributed by atoms with E-state index in [2.05, 4.69) is 22.3 Å². The van der Waals surface area contributed by atoms with Gasteiger partial charge in [0.25, 0.3) is 5.91 Å². The van der Waals surface area contributed by atoms with Gasteiger partial charge < -0.3 is 14.8 Å². The Kier molecular flexibility index (Phi) is 5.56. The second kappa shape index (κ2) is 7.83. The van der Waals surface area contributed by atoms with Crippen LogP contribution >= 0.6 is 11.6 Å². The lowest BCUT2D eigenvalue weighted by Gasteiger charge is -2.29. The molecule has 0 spiro atoms. The molecule has 2 heterocycles. The summed E-state index contributed by atoms with van der Waals surface area (Å²) in [5.41, 5.74) is 2.26. The quantitative estimate of drug-likeness (QED) is 0.872. The molecule has 0 aliphatic carbocycles. The predicted molar refractivity (Wildman–Crippen MR) is 91.8 cm³/mol. The van der Waals surface area contributed by atoms with Crippen LogP contribution in [0.15, 0.2) is 40.8 Å². The van der Waals surface area contributed by atoms with Crippen LogP contribution in [0.25, 0.3) is 0 Å². The molecule has 0 saturated carbocycles. The highest BCUT2D eigenvalue weighted by atomic mass is 35.5. The van der Waals surface area contributed by atoms with Crippen LogP contribution in [-0.4, -0.2) is 35.1 Å². The molecule has 1 saturated heterocycles. The van der Waals surface area contributed by atoms with Crippen LogP contribution in [0.4, 0.5) is 0 Å². The number of hydrogen-bond acceptors (Lipinski definition) is 4. The largest absolute Gasteiger partial charge is 0.440 e. The summed E-state index contributed by atoms with van der Waals surface area (Å²) < 4.78 is 5.07. The van der Waals surface area contributed by atoms with Gasteiger partial charge in [0.1, 0.15) is 0 Å². The number of likely N-dealkylation sites (tertiary alicyclic amines) is 1. The Morgan fingerprint density at radius 2 is 1.83 bits per heavy atom. The van der Waals surface area contributed by atoms with E-state index < -0.39 is 0 Å². The van der Waals surface area contributed by atoms with Gasteiger partial charge >= 0.3 is 0 Å². The van der Waals surface area contributed by atoms with Crippen molar-refractivity contribution in [2.75, 3.05) is 13.1 Å². The molecule has 1 aliphatic rings. The molecule has 1 aromatic carbocycles. The fourth-order valence-electron chi connectivity index (χ4n) is 2.80. The fourth-order valence-corrected chi connectivity index (χ4v) is 2.95. The van der Waals surface area contributed by atoms with Gasteiger partial charge in [0.05, 0.1) is 6.10 Å². The zero-order valence-corrected chi connectivity index (χ0v) is 14.1. The van der Waals surface area contributed by atoms with Gasteiger partial charge in [-0.1, -0.05) is 24.3 Å². The molecule has 128 valence electrons. The fraction of sp³-hybridized carbons (Fsp3) is 0.389. The highest BCUT2D eigenvalue weighted by molar-refractivity contribution is 6.29. The first-order valence-electron chi connectivity index (χ1n) is 8.12. The van der Waals surface area contributed by atoms with E-state index in [9.17, 15) is 9.90 Å². The normalized spacial score (nSPS) is 16.2. The molecule has 3 rings (SSSR count). The smallest absolute Gasteiger partial charge is 0.287 e. The lowest BCUT2D eigenvalue weighted by atomic mass is 10.1. The minimum Gasteiger partial charge on any atom is -0.440 e. The van der Waals surface area contributed by atoms with Crippen molar-refractivity contribution in [3.05, 3.63) is 58.5 Å². The van der Waals surface area contributed by atoms with Gasteiger partial charge in [-0.2, -0.15) is 0 Å². The number of carbonyl (C=O) groups excluding carboxylic acids is 1. The average Bonchev–Trinajstić information content (AvgIpc) is 3.03.